The van der Waals surface area contributed by atoms with Gasteiger partial charge in [-0.25, -0.2) is 0 Å². The third kappa shape index (κ3) is 1.76. The summed E-state index contributed by atoms with van der Waals surface area (Å²) in [4.78, 5) is 12.1. The fourth-order valence-corrected chi connectivity index (χ4v) is 4.40. The van der Waals surface area contributed by atoms with Crippen LogP contribution in [0.15, 0.2) is 0 Å². The Balaban J connectivity index is 2.28. The Morgan fingerprint density at radius 3 is 2.25 bits per heavy atom. The van der Waals surface area contributed by atoms with Crippen molar-refractivity contribution in [2.45, 2.75) is 44.1 Å². The fourth-order valence-electron chi connectivity index (χ4n) is 3.21. The molecule has 0 unspecified atom stereocenters. The highest BCUT2D eigenvalue weighted by Crippen LogP contribution is 2.51. The van der Waals surface area contributed by atoms with Crippen molar-refractivity contribution in [2.75, 3.05) is 18.6 Å². The van der Waals surface area contributed by atoms with Crippen molar-refractivity contribution in [2.24, 2.45) is 5.41 Å². The average molecular weight is 244 g/mol. The van der Waals surface area contributed by atoms with E-state index in [4.69, 9.17) is 4.74 Å². The summed E-state index contributed by atoms with van der Waals surface area (Å²) < 4.78 is 4.96. The minimum atomic E-state index is -0.804. The molecule has 3 nitrogen and oxygen atoms in total. The van der Waals surface area contributed by atoms with Crippen molar-refractivity contribution < 1.29 is 14.6 Å². The Morgan fingerprint density at radius 2 is 1.75 bits per heavy atom. The van der Waals surface area contributed by atoms with Gasteiger partial charge in [-0.2, -0.15) is 11.8 Å². The maximum absolute atomic E-state index is 12.1. The number of carbonyl (C=O) groups is 1. The molecule has 2 rings (SSSR count). The van der Waals surface area contributed by atoms with E-state index in [1.165, 1.54) is 7.11 Å². The molecule has 1 aliphatic heterocycles. The number of hydrogen-bond acceptors (Lipinski definition) is 4. The summed E-state index contributed by atoms with van der Waals surface area (Å²) in [5.41, 5.74) is -1.43. The molecule has 16 heavy (non-hydrogen) atoms. The Kier molecular flexibility index (Phi) is 3.50. The molecular weight excluding hydrogens is 224 g/mol. The number of methoxy groups -OCH3 is 1. The Labute approximate surface area is 101 Å². The van der Waals surface area contributed by atoms with Crippen LogP contribution in [0.5, 0.6) is 0 Å². The third-order valence-electron chi connectivity index (χ3n) is 4.24. The standard InChI is InChI=1S/C12H20O3S/c1-15-10(13)11(6-8-16-9-7-11)12(14)4-2-3-5-12/h14H,2-9H2,1H3. The normalized spacial score (nSPS) is 27.6. The minimum absolute atomic E-state index is 0.197. The number of esters is 1. The second-order valence-electron chi connectivity index (χ2n) is 4.92. The molecule has 0 radical (unpaired) electrons. The molecule has 1 saturated carbocycles. The number of thioether (sulfide) groups is 1. The highest BCUT2D eigenvalue weighted by molar-refractivity contribution is 7.99. The molecule has 0 spiro atoms. The van der Waals surface area contributed by atoms with Gasteiger partial charge in [0.2, 0.25) is 0 Å². The Morgan fingerprint density at radius 1 is 1.19 bits per heavy atom. The zero-order chi connectivity index (χ0) is 11.6. The van der Waals surface area contributed by atoms with Crippen LogP contribution >= 0.6 is 11.8 Å². The minimum Gasteiger partial charge on any atom is -0.469 e. The molecule has 0 aromatic carbocycles. The molecule has 0 bridgehead atoms. The van der Waals surface area contributed by atoms with Gasteiger partial charge in [-0.3, -0.25) is 4.79 Å². The topological polar surface area (TPSA) is 46.5 Å². The molecule has 0 aromatic rings. The Hall–Kier alpha value is -0.220. The van der Waals surface area contributed by atoms with Crippen molar-refractivity contribution in [3.8, 4) is 0 Å². The van der Waals surface area contributed by atoms with E-state index in [2.05, 4.69) is 0 Å². The predicted octanol–water partition coefficient (Wildman–Crippen LogP) is 1.98. The SMILES string of the molecule is COC(=O)C1(C2(O)CCCC2)CCSCC1. The van der Waals surface area contributed by atoms with Gasteiger partial charge in [0.1, 0.15) is 0 Å². The summed E-state index contributed by atoms with van der Waals surface area (Å²) in [6, 6.07) is 0. The Bertz CT molecular complexity index is 265. The lowest BCUT2D eigenvalue weighted by Crippen LogP contribution is -2.54. The van der Waals surface area contributed by atoms with Gasteiger partial charge in [0.15, 0.2) is 0 Å². The third-order valence-corrected chi connectivity index (χ3v) is 5.23. The van der Waals surface area contributed by atoms with Gasteiger partial charge in [-0.1, -0.05) is 12.8 Å². The van der Waals surface area contributed by atoms with E-state index in [9.17, 15) is 9.90 Å². The van der Waals surface area contributed by atoms with E-state index in [1.54, 1.807) is 0 Å². The van der Waals surface area contributed by atoms with Crippen LogP contribution in [-0.2, 0) is 9.53 Å². The first-order chi connectivity index (χ1) is 7.65. The molecule has 0 amide bonds. The summed E-state index contributed by atoms with van der Waals surface area (Å²) >= 11 is 1.86. The van der Waals surface area contributed by atoms with Crippen LogP contribution in [0.3, 0.4) is 0 Å². The van der Waals surface area contributed by atoms with Crippen LogP contribution in [-0.4, -0.2) is 35.3 Å². The lowest BCUT2D eigenvalue weighted by atomic mass is 9.66. The van der Waals surface area contributed by atoms with Crippen LogP contribution < -0.4 is 0 Å². The summed E-state index contributed by atoms with van der Waals surface area (Å²) in [5.74, 6) is 1.71. The van der Waals surface area contributed by atoms with Gasteiger partial charge in [-0.15, -0.1) is 0 Å². The van der Waals surface area contributed by atoms with E-state index < -0.39 is 11.0 Å². The first kappa shape index (κ1) is 12.2. The predicted molar refractivity (Wildman–Crippen MR) is 64.4 cm³/mol. The molecule has 1 saturated heterocycles. The second kappa shape index (κ2) is 4.57. The van der Waals surface area contributed by atoms with Crippen LogP contribution in [0, 0.1) is 5.41 Å². The van der Waals surface area contributed by atoms with Crippen molar-refractivity contribution in [1.82, 2.24) is 0 Å². The first-order valence-electron chi connectivity index (χ1n) is 6.03. The molecule has 0 atom stereocenters. The van der Waals surface area contributed by atoms with Gasteiger partial charge < -0.3 is 9.84 Å². The fraction of sp³-hybridized carbons (Fsp3) is 0.917. The van der Waals surface area contributed by atoms with Crippen LogP contribution in [0.4, 0.5) is 0 Å². The van der Waals surface area contributed by atoms with Crippen LogP contribution in [0.1, 0.15) is 38.5 Å². The van der Waals surface area contributed by atoms with Crippen LogP contribution in [0.25, 0.3) is 0 Å². The zero-order valence-electron chi connectivity index (χ0n) is 9.83. The molecule has 2 fully saturated rings. The van der Waals surface area contributed by atoms with E-state index in [-0.39, 0.29) is 5.97 Å². The summed E-state index contributed by atoms with van der Waals surface area (Å²) in [5, 5.41) is 10.8. The van der Waals surface area contributed by atoms with Gasteiger partial charge in [0, 0.05) is 0 Å². The summed E-state index contributed by atoms with van der Waals surface area (Å²) in [7, 11) is 1.43. The maximum atomic E-state index is 12.1. The number of hydrogen-bond donors (Lipinski definition) is 1. The molecule has 0 aromatic heterocycles. The number of ether oxygens (including phenoxy) is 1. The van der Waals surface area contributed by atoms with Crippen molar-refractivity contribution in [3.63, 3.8) is 0 Å². The van der Waals surface area contributed by atoms with Crippen molar-refractivity contribution in [1.29, 1.82) is 0 Å². The van der Waals surface area contributed by atoms with Gasteiger partial charge in [-0.05, 0) is 37.2 Å². The maximum Gasteiger partial charge on any atom is 0.314 e. The van der Waals surface area contributed by atoms with Gasteiger partial charge in [0.25, 0.3) is 0 Å². The average Bonchev–Trinajstić information content (AvgIpc) is 2.77. The van der Waals surface area contributed by atoms with E-state index in [1.807, 2.05) is 11.8 Å². The zero-order valence-corrected chi connectivity index (χ0v) is 10.6. The molecule has 4 heteroatoms. The van der Waals surface area contributed by atoms with Gasteiger partial charge in [0.05, 0.1) is 18.1 Å². The number of rotatable bonds is 2. The first-order valence-corrected chi connectivity index (χ1v) is 7.19. The monoisotopic (exact) mass is 244 g/mol. The molecular formula is C12H20O3S. The molecule has 1 N–H and O–H groups in total. The van der Waals surface area contributed by atoms with Gasteiger partial charge >= 0.3 is 5.97 Å². The largest absolute Gasteiger partial charge is 0.469 e. The van der Waals surface area contributed by atoms with Crippen LogP contribution in [0.2, 0.25) is 0 Å². The smallest absolute Gasteiger partial charge is 0.314 e. The number of aliphatic hydroxyl groups is 1. The highest BCUT2D eigenvalue weighted by atomic mass is 32.2. The van der Waals surface area contributed by atoms with Crippen molar-refractivity contribution >= 4 is 17.7 Å². The van der Waals surface area contributed by atoms with Crippen molar-refractivity contribution in [3.05, 3.63) is 0 Å². The molecule has 1 aliphatic carbocycles. The molecule has 1 heterocycles. The second-order valence-corrected chi connectivity index (χ2v) is 6.15. The lowest BCUT2D eigenvalue weighted by Gasteiger charge is -2.45. The molecule has 2 aliphatic rings. The highest BCUT2D eigenvalue weighted by Gasteiger charge is 2.57. The molecule has 92 valence electrons. The summed E-state index contributed by atoms with van der Waals surface area (Å²) in [6.07, 6.45) is 5.10. The van der Waals surface area contributed by atoms with E-state index in [0.717, 1.165) is 50.0 Å². The van der Waals surface area contributed by atoms with E-state index in [0.29, 0.717) is 0 Å². The lowest BCUT2D eigenvalue weighted by molar-refractivity contribution is -0.174. The quantitative estimate of drug-likeness (QED) is 0.755. The van der Waals surface area contributed by atoms with E-state index >= 15 is 0 Å². The summed E-state index contributed by atoms with van der Waals surface area (Å²) in [6.45, 7) is 0. The number of carbonyl (C=O) groups excluding carboxylic acids is 1.